The van der Waals surface area contributed by atoms with E-state index in [1.165, 1.54) is 123 Å². The minimum Gasteiger partial charge on any atom is -0.489 e. The topological polar surface area (TPSA) is 224 Å². The van der Waals surface area contributed by atoms with Crippen molar-refractivity contribution in [2.75, 3.05) is 36.5 Å². The number of aliphatic hydroxyl groups excluding tert-OH is 1. The molecule has 13 aromatic rings. The number of ether oxygens (including phenoxy) is 2. The Kier molecular flexibility index (Phi) is 25.9. The molecule has 2 N–H and O–H groups in total. The third-order valence-corrected chi connectivity index (χ3v) is 19.9. The van der Waals surface area contributed by atoms with Gasteiger partial charge in [-0.3, -0.25) is 19.2 Å². The number of fused-ring (bicyclic) bond motifs is 4. The van der Waals surface area contributed by atoms with Gasteiger partial charge in [-0.1, -0.05) is 119 Å². The maximum atomic E-state index is 14.7. The number of hydrogen-bond donors (Lipinski definition) is 2. The number of aromatic nitrogens is 4. The van der Waals surface area contributed by atoms with E-state index in [0.717, 1.165) is 21.4 Å². The highest BCUT2D eigenvalue weighted by Gasteiger charge is 2.52. The Morgan fingerprint density at radius 2 is 1.18 bits per heavy atom. The number of carbonyl (C=O) groups excluding carboxylic acids is 1. The highest BCUT2D eigenvalue weighted by molar-refractivity contribution is 14.1. The number of morpholine rings is 1. The van der Waals surface area contributed by atoms with Gasteiger partial charge >= 0.3 is 7.12 Å². The number of aliphatic hydroxyl groups is 1. The predicted octanol–water partition coefficient (Wildman–Crippen LogP) is 18.9. The van der Waals surface area contributed by atoms with Crippen molar-refractivity contribution < 1.29 is 68.3 Å². The van der Waals surface area contributed by atoms with Crippen LogP contribution in [0.3, 0.4) is 0 Å². The van der Waals surface area contributed by atoms with Crippen molar-refractivity contribution in [1.82, 2.24) is 19.7 Å². The van der Waals surface area contributed by atoms with E-state index in [4.69, 9.17) is 48.7 Å². The quantitative estimate of drug-likeness (QED) is 0.0659. The summed E-state index contributed by atoms with van der Waals surface area (Å²) in [6.45, 7) is 20.7. The average Bonchev–Trinajstić information content (AvgIpc) is 1.35. The molecule has 2 fully saturated rings. The van der Waals surface area contributed by atoms with E-state index in [0.29, 0.717) is 63.9 Å². The number of hydrogen-bond acceptors (Lipinski definition) is 16. The van der Waals surface area contributed by atoms with Gasteiger partial charge in [-0.2, -0.15) is 5.10 Å². The first kappa shape index (κ1) is 82.0. The van der Waals surface area contributed by atoms with Crippen molar-refractivity contribution in [3.8, 4) is 39.1 Å². The van der Waals surface area contributed by atoms with Crippen LogP contribution >= 0.6 is 50.1 Å². The van der Waals surface area contributed by atoms with Crippen LogP contribution in [-0.4, -0.2) is 81.5 Å². The van der Waals surface area contributed by atoms with Crippen molar-refractivity contribution in [2.24, 2.45) is 0 Å². The first-order valence-corrected chi connectivity index (χ1v) is 37.4. The molecular weight excluding hydrogens is 1640 g/mol. The number of amides is 1. The van der Waals surface area contributed by atoms with Gasteiger partial charge < -0.3 is 47.4 Å². The van der Waals surface area contributed by atoms with Gasteiger partial charge in [0.05, 0.1) is 63.3 Å². The lowest BCUT2D eigenvalue weighted by Crippen LogP contribution is -2.41. The molecule has 111 heavy (non-hydrogen) atoms. The van der Waals surface area contributed by atoms with Gasteiger partial charge in [-0.05, 0) is 179 Å². The fourth-order valence-corrected chi connectivity index (χ4v) is 13.8. The van der Waals surface area contributed by atoms with E-state index in [9.17, 15) is 50.6 Å². The summed E-state index contributed by atoms with van der Waals surface area (Å²) in [6.07, 6.45) is 1.07. The standard InChI is InChI=1S/C26H20F2IN5O3.C17H12F2O2.C17H13FO3.C14H19BFNO3.C9H10BrClO/c1-14(34-26-21(24(29)32-34)25(30-13-31-26)33-8-10-36-11-9-33)23-19(15-4-2-5-16(27)12-15)22(35)20-17(28)6-3-7-18(20)37-23;1-2-13-15(10-6-3-4-7-11(10)18)17(20)16-12(19)8-5-9-14(16)21-13;1-10(19)17-14(11-6-3-2-4-7-11)16(20)15-12(18)8-5-9-13(15)21-17;1-9(18)17-12-7-6-10(8-11(12)16)15-19-13(2,3)14(4,5)20-15;1-6(2)12-9-4-3-7(10)5-8(9)11/h2-7,12-14H,8-11H2,1H3;3-9H,2H2,1H3;2-10,19H,1H3;6-8H,1-5H3,(H,17,18);3-6H,1-2H3. The van der Waals surface area contributed by atoms with E-state index in [1.54, 1.807) is 54.1 Å². The van der Waals surface area contributed by atoms with Gasteiger partial charge in [-0.15, -0.1) is 0 Å². The van der Waals surface area contributed by atoms with Crippen LogP contribution in [0.25, 0.3) is 77.3 Å². The summed E-state index contributed by atoms with van der Waals surface area (Å²) in [6, 6.07) is 42.4. The fourth-order valence-electron chi connectivity index (χ4n) is 12.3. The van der Waals surface area contributed by atoms with Gasteiger partial charge in [0, 0.05) is 36.5 Å². The van der Waals surface area contributed by atoms with Crippen LogP contribution in [0.5, 0.6) is 5.75 Å². The molecule has 0 radical (unpaired) electrons. The Morgan fingerprint density at radius 1 is 0.640 bits per heavy atom. The lowest BCUT2D eigenvalue weighted by Gasteiger charge is -2.32. The number of aryl methyl sites for hydroxylation is 1. The van der Waals surface area contributed by atoms with Crippen molar-refractivity contribution in [3.63, 3.8) is 0 Å². The van der Waals surface area contributed by atoms with Crippen LogP contribution in [0.2, 0.25) is 5.02 Å². The number of anilines is 2. The summed E-state index contributed by atoms with van der Waals surface area (Å²) in [5.41, 5.74) is 0.546. The largest absolute Gasteiger partial charge is 0.494 e. The van der Waals surface area contributed by atoms with E-state index in [1.807, 2.05) is 72.7 Å². The Hall–Kier alpha value is -10.0. The molecule has 0 saturated carbocycles. The predicted molar refractivity (Wildman–Crippen MR) is 430 cm³/mol. The molecule has 15 rings (SSSR count). The molecule has 8 aromatic carbocycles. The van der Waals surface area contributed by atoms with Gasteiger partial charge in [0.15, 0.2) is 5.65 Å². The van der Waals surface area contributed by atoms with Crippen molar-refractivity contribution in [2.45, 2.75) is 105 Å². The van der Waals surface area contributed by atoms with Crippen LogP contribution in [0.15, 0.2) is 208 Å². The van der Waals surface area contributed by atoms with E-state index < -0.39 is 81.7 Å². The third kappa shape index (κ3) is 18.2. The molecule has 18 nitrogen and oxygen atoms in total. The maximum absolute atomic E-state index is 14.7. The molecular formula is C83H74BBrClF6IN6O12. The Labute approximate surface area is 660 Å². The molecule has 2 atom stereocenters. The summed E-state index contributed by atoms with van der Waals surface area (Å²) < 4.78 is 128. The minimum atomic E-state index is -0.972. The Morgan fingerprint density at radius 3 is 1.73 bits per heavy atom. The zero-order valence-corrected chi connectivity index (χ0v) is 66.2. The second-order valence-corrected chi connectivity index (χ2v) is 29.3. The first-order chi connectivity index (χ1) is 52.9. The highest BCUT2D eigenvalue weighted by Crippen LogP contribution is 2.39. The average molecular weight is 1710 g/mol. The van der Waals surface area contributed by atoms with Gasteiger partial charge in [0.1, 0.15) is 119 Å². The van der Waals surface area contributed by atoms with Gasteiger partial charge in [0.2, 0.25) is 22.2 Å². The molecule has 2 aliphatic rings. The number of nitrogens with zero attached hydrogens (tertiary/aromatic N) is 5. The molecule has 2 saturated heterocycles. The second-order valence-electron chi connectivity index (χ2n) is 27.0. The Balaban J connectivity index is 0.000000144. The Bertz CT molecular complexity index is 5760. The zero-order chi connectivity index (χ0) is 79.9. The van der Waals surface area contributed by atoms with Crippen molar-refractivity contribution >= 4 is 124 Å². The van der Waals surface area contributed by atoms with Gasteiger partial charge in [0.25, 0.3) is 0 Å². The van der Waals surface area contributed by atoms with Crippen LogP contribution < -0.4 is 36.7 Å². The molecule has 574 valence electrons. The highest BCUT2D eigenvalue weighted by atomic mass is 127. The molecule has 7 heterocycles. The van der Waals surface area contributed by atoms with Crippen LogP contribution in [-0.2, 0) is 25.3 Å². The van der Waals surface area contributed by atoms with Crippen LogP contribution in [0.4, 0.5) is 37.8 Å². The summed E-state index contributed by atoms with van der Waals surface area (Å²) >= 11 is 11.4. The van der Waals surface area contributed by atoms with Crippen LogP contribution in [0.1, 0.15) is 98.7 Å². The van der Waals surface area contributed by atoms with E-state index in [-0.39, 0.29) is 89.9 Å². The molecule has 28 heteroatoms. The molecule has 0 bridgehead atoms. The first-order valence-electron chi connectivity index (χ1n) is 35.1. The number of nitrogens with one attached hydrogen (secondary N) is 1. The fraction of sp³-hybridized carbons (Fsp3) is 0.241. The molecule has 0 aliphatic carbocycles. The second kappa shape index (κ2) is 35.1. The maximum Gasteiger partial charge on any atom is 0.494 e. The molecule has 2 unspecified atom stereocenters. The van der Waals surface area contributed by atoms with E-state index in [2.05, 4.69) is 58.7 Å². The molecule has 5 aromatic heterocycles. The summed E-state index contributed by atoms with van der Waals surface area (Å²) in [7, 11) is -0.610. The number of halogens is 9. The minimum absolute atomic E-state index is 0.0747. The SMILES string of the molecule is CC(=O)Nc1ccc(B2OC(C)(C)C(C)(C)O2)cc1F.CC(C)Oc1ccc(Br)cc1Cl.CC(O)c1oc2cccc(F)c2c(=O)c1-c1ccccc1.CC(c1oc2cccc(F)c2c(=O)c1-c1cccc(F)c1)n1nc(I)c2c(N3CCOCC3)ncnc21.CCc1oc2cccc(F)c2c(=O)c1-c1ccccc1F. The van der Waals surface area contributed by atoms with Gasteiger partial charge in [-0.25, -0.2) is 41.0 Å². The molecule has 2 aliphatic heterocycles. The number of rotatable bonds is 12. The number of benzene rings is 8. The van der Waals surface area contributed by atoms with Crippen molar-refractivity contribution in [1.29, 1.82) is 0 Å². The van der Waals surface area contributed by atoms with E-state index >= 15 is 0 Å². The monoisotopic (exact) mass is 1710 g/mol. The summed E-state index contributed by atoms with van der Waals surface area (Å²) in [5.74, 6) is -1.67. The summed E-state index contributed by atoms with van der Waals surface area (Å²) in [4.78, 5) is 61.0. The lowest BCUT2D eigenvalue weighted by molar-refractivity contribution is -0.114. The normalized spacial score (nSPS) is 14.2. The van der Waals surface area contributed by atoms with Crippen LogP contribution in [0, 0.1) is 38.6 Å². The zero-order valence-electron chi connectivity index (χ0n) is 61.7. The third-order valence-electron chi connectivity index (χ3n) is 18.3. The molecule has 1 amide bonds. The smallest absolute Gasteiger partial charge is 0.489 e. The van der Waals surface area contributed by atoms with Crippen molar-refractivity contribution in [3.05, 3.63) is 272 Å². The summed E-state index contributed by atoms with van der Waals surface area (Å²) in [5, 5.41) is 18.0. The lowest BCUT2D eigenvalue weighted by atomic mass is 9.79. The number of carbonyl (C=O) groups is 1. The molecule has 0 spiro atoms.